The number of aryl methyl sites for hydroxylation is 1. The van der Waals surface area contributed by atoms with Gasteiger partial charge >= 0.3 is 0 Å². The van der Waals surface area contributed by atoms with Gasteiger partial charge < -0.3 is 10.1 Å². The van der Waals surface area contributed by atoms with Gasteiger partial charge in [0.15, 0.2) is 0 Å². The minimum absolute atomic E-state index is 0.272. The first-order chi connectivity index (χ1) is 13.3. The zero-order chi connectivity index (χ0) is 18.7. The van der Waals surface area contributed by atoms with Crippen molar-refractivity contribution >= 4 is 0 Å². The van der Waals surface area contributed by atoms with Gasteiger partial charge in [0.25, 0.3) is 0 Å². The number of ether oxygens (including phenoxy) is 1. The van der Waals surface area contributed by atoms with Crippen molar-refractivity contribution in [1.29, 1.82) is 0 Å². The van der Waals surface area contributed by atoms with E-state index in [9.17, 15) is 0 Å². The molecule has 27 heavy (non-hydrogen) atoms. The maximum Gasteiger partial charge on any atom is 0.124 e. The Kier molecular flexibility index (Phi) is 7.49. The Hall–Kier alpha value is -2.58. The molecule has 0 aliphatic heterocycles. The monoisotopic (exact) mass is 359 g/mol. The lowest BCUT2D eigenvalue weighted by Crippen LogP contribution is -2.21. The fourth-order valence-corrected chi connectivity index (χ4v) is 3.26. The molecule has 0 aliphatic rings. The summed E-state index contributed by atoms with van der Waals surface area (Å²) >= 11 is 0. The molecule has 0 amide bonds. The van der Waals surface area contributed by atoms with Gasteiger partial charge in [-0.1, -0.05) is 78.9 Å². The Balaban J connectivity index is 1.47. The third-order valence-electron chi connectivity index (χ3n) is 4.81. The van der Waals surface area contributed by atoms with Gasteiger partial charge in [-0.2, -0.15) is 0 Å². The van der Waals surface area contributed by atoms with Crippen LogP contribution in [0.4, 0.5) is 0 Å². The molecule has 0 fully saturated rings. The van der Waals surface area contributed by atoms with Gasteiger partial charge in [-0.3, -0.25) is 0 Å². The van der Waals surface area contributed by atoms with Crippen molar-refractivity contribution in [1.82, 2.24) is 5.32 Å². The molecule has 140 valence electrons. The van der Waals surface area contributed by atoms with Gasteiger partial charge in [-0.25, -0.2) is 0 Å². The molecule has 0 radical (unpaired) electrons. The van der Waals surface area contributed by atoms with E-state index in [-0.39, 0.29) is 6.04 Å². The second kappa shape index (κ2) is 10.5. The van der Waals surface area contributed by atoms with E-state index in [0.717, 1.165) is 31.6 Å². The van der Waals surface area contributed by atoms with Crippen LogP contribution >= 0.6 is 0 Å². The van der Waals surface area contributed by atoms with Crippen LogP contribution in [0.25, 0.3) is 0 Å². The topological polar surface area (TPSA) is 21.3 Å². The van der Waals surface area contributed by atoms with E-state index in [1.807, 2.05) is 12.1 Å². The highest BCUT2D eigenvalue weighted by atomic mass is 16.5. The number of hydrogen-bond donors (Lipinski definition) is 1. The fraction of sp³-hybridized carbons (Fsp3) is 0.280. The smallest absolute Gasteiger partial charge is 0.124 e. The van der Waals surface area contributed by atoms with Gasteiger partial charge in [0.1, 0.15) is 5.75 Å². The van der Waals surface area contributed by atoms with Crippen LogP contribution in [-0.4, -0.2) is 13.2 Å². The molecular weight excluding hydrogens is 330 g/mol. The second-order valence-corrected chi connectivity index (χ2v) is 6.89. The number of rotatable bonds is 10. The predicted octanol–water partition coefficient (Wildman–Crippen LogP) is 5.59. The maximum absolute atomic E-state index is 6.10. The van der Waals surface area contributed by atoms with Crippen molar-refractivity contribution in [3.05, 3.63) is 102 Å². The molecule has 1 unspecified atom stereocenters. The largest absolute Gasteiger partial charge is 0.493 e. The number of benzene rings is 3. The average Bonchev–Trinajstić information content (AvgIpc) is 2.73. The SMILES string of the molecule is CC(NCCCc1ccccc1)c1ccccc1OCCc1ccccc1. The van der Waals surface area contributed by atoms with Crippen molar-refractivity contribution in [2.75, 3.05) is 13.2 Å². The van der Waals surface area contributed by atoms with Gasteiger partial charge in [0, 0.05) is 18.0 Å². The zero-order valence-electron chi connectivity index (χ0n) is 16.1. The summed E-state index contributed by atoms with van der Waals surface area (Å²) in [5.41, 5.74) is 3.93. The quantitative estimate of drug-likeness (QED) is 0.476. The molecule has 0 saturated carbocycles. The summed E-state index contributed by atoms with van der Waals surface area (Å²) in [6.07, 6.45) is 3.16. The Bertz CT molecular complexity index is 786. The van der Waals surface area contributed by atoms with E-state index in [2.05, 4.69) is 85.0 Å². The molecule has 3 aromatic carbocycles. The molecule has 0 heterocycles. The molecule has 0 saturated heterocycles. The Morgan fingerprint density at radius 1 is 0.741 bits per heavy atom. The molecule has 2 nitrogen and oxygen atoms in total. The summed E-state index contributed by atoms with van der Waals surface area (Å²) in [7, 11) is 0. The number of hydrogen-bond acceptors (Lipinski definition) is 2. The van der Waals surface area contributed by atoms with Crippen molar-refractivity contribution in [2.45, 2.75) is 32.2 Å². The van der Waals surface area contributed by atoms with E-state index in [0.29, 0.717) is 6.61 Å². The molecule has 1 N–H and O–H groups in total. The first-order valence-electron chi connectivity index (χ1n) is 9.86. The average molecular weight is 360 g/mol. The standard InChI is InChI=1S/C25H29NO/c1-21(26-19-10-15-22-11-4-2-5-12-22)24-16-8-9-17-25(24)27-20-18-23-13-6-3-7-14-23/h2-9,11-14,16-17,21,26H,10,15,18-20H2,1H3. The Morgan fingerprint density at radius 3 is 2.04 bits per heavy atom. The molecule has 3 aromatic rings. The molecule has 2 heteroatoms. The Morgan fingerprint density at radius 2 is 1.33 bits per heavy atom. The summed E-state index contributed by atoms with van der Waals surface area (Å²) in [4.78, 5) is 0. The lowest BCUT2D eigenvalue weighted by atomic mass is 10.1. The highest BCUT2D eigenvalue weighted by molar-refractivity contribution is 5.35. The van der Waals surface area contributed by atoms with Crippen LogP contribution in [0.3, 0.4) is 0 Å². The lowest BCUT2D eigenvalue weighted by molar-refractivity contribution is 0.315. The van der Waals surface area contributed by atoms with Crippen LogP contribution in [0.5, 0.6) is 5.75 Å². The summed E-state index contributed by atoms with van der Waals surface area (Å²) in [6, 6.07) is 29.8. The molecule has 1 atom stereocenters. The minimum Gasteiger partial charge on any atom is -0.493 e. The van der Waals surface area contributed by atoms with Crippen LogP contribution in [0, 0.1) is 0 Å². The zero-order valence-corrected chi connectivity index (χ0v) is 16.1. The lowest BCUT2D eigenvalue weighted by Gasteiger charge is -2.18. The van der Waals surface area contributed by atoms with E-state index in [1.54, 1.807) is 0 Å². The van der Waals surface area contributed by atoms with Crippen LogP contribution in [0.1, 0.15) is 36.1 Å². The van der Waals surface area contributed by atoms with Gasteiger partial charge in [0.2, 0.25) is 0 Å². The third kappa shape index (κ3) is 6.26. The summed E-state index contributed by atoms with van der Waals surface area (Å²) in [5, 5.41) is 3.64. The van der Waals surface area contributed by atoms with Crippen LogP contribution < -0.4 is 10.1 Å². The summed E-state index contributed by atoms with van der Waals surface area (Å²) < 4.78 is 6.10. The second-order valence-electron chi connectivity index (χ2n) is 6.89. The fourth-order valence-electron chi connectivity index (χ4n) is 3.26. The highest BCUT2D eigenvalue weighted by Crippen LogP contribution is 2.25. The number of para-hydroxylation sites is 1. The number of nitrogens with one attached hydrogen (secondary N) is 1. The maximum atomic E-state index is 6.10. The van der Waals surface area contributed by atoms with Gasteiger partial charge in [-0.05, 0) is 43.5 Å². The van der Waals surface area contributed by atoms with Crippen molar-refractivity contribution < 1.29 is 4.74 Å². The summed E-state index contributed by atoms with van der Waals surface area (Å²) in [6.45, 7) is 3.90. The minimum atomic E-state index is 0.272. The summed E-state index contributed by atoms with van der Waals surface area (Å²) in [5.74, 6) is 0.983. The normalized spacial score (nSPS) is 11.9. The van der Waals surface area contributed by atoms with E-state index in [1.165, 1.54) is 16.7 Å². The molecule has 0 aromatic heterocycles. The van der Waals surface area contributed by atoms with Gasteiger partial charge in [-0.15, -0.1) is 0 Å². The van der Waals surface area contributed by atoms with Crippen LogP contribution in [0.2, 0.25) is 0 Å². The first-order valence-corrected chi connectivity index (χ1v) is 9.86. The van der Waals surface area contributed by atoms with Crippen molar-refractivity contribution in [3.8, 4) is 5.75 Å². The van der Waals surface area contributed by atoms with Gasteiger partial charge in [0.05, 0.1) is 6.61 Å². The molecule has 0 bridgehead atoms. The van der Waals surface area contributed by atoms with Crippen LogP contribution in [0.15, 0.2) is 84.9 Å². The van der Waals surface area contributed by atoms with E-state index < -0.39 is 0 Å². The molecule has 3 rings (SSSR count). The molecule has 0 aliphatic carbocycles. The van der Waals surface area contributed by atoms with Crippen molar-refractivity contribution in [3.63, 3.8) is 0 Å². The van der Waals surface area contributed by atoms with Crippen LogP contribution in [-0.2, 0) is 12.8 Å². The van der Waals surface area contributed by atoms with E-state index >= 15 is 0 Å². The first kappa shape index (κ1) is 19.2. The molecule has 0 spiro atoms. The highest BCUT2D eigenvalue weighted by Gasteiger charge is 2.10. The predicted molar refractivity (Wildman–Crippen MR) is 113 cm³/mol. The Labute approximate surface area is 163 Å². The van der Waals surface area contributed by atoms with Crippen molar-refractivity contribution in [2.24, 2.45) is 0 Å². The molecular formula is C25H29NO. The third-order valence-corrected chi connectivity index (χ3v) is 4.81. The van der Waals surface area contributed by atoms with E-state index in [4.69, 9.17) is 4.74 Å².